The van der Waals surface area contributed by atoms with Crippen LogP contribution in [0.25, 0.3) is 0 Å². The van der Waals surface area contributed by atoms with E-state index in [-0.39, 0.29) is 18.8 Å². The summed E-state index contributed by atoms with van der Waals surface area (Å²) in [4.78, 5) is -0.449. The first-order valence-corrected chi connectivity index (χ1v) is 7.11. The Kier molecular flexibility index (Phi) is 5.12. The van der Waals surface area contributed by atoms with E-state index >= 15 is 0 Å². The van der Waals surface area contributed by atoms with Gasteiger partial charge in [-0.05, 0) is 24.6 Å². The van der Waals surface area contributed by atoms with Crippen LogP contribution in [0, 0.1) is 5.41 Å². The largest absolute Gasteiger partial charge is 0.416 e. The van der Waals surface area contributed by atoms with Crippen LogP contribution in [0.2, 0.25) is 0 Å². The molecule has 0 saturated heterocycles. The van der Waals surface area contributed by atoms with Gasteiger partial charge >= 0.3 is 6.18 Å². The Morgan fingerprint density at radius 2 is 2.00 bits per heavy atom. The van der Waals surface area contributed by atoms with Gasteiger partial charge in [-0.25, -0.2) is 13.1 Å². The van der Waals surface area contributed by atoms with Crippen molar-refractivity contribution in [3.63, 3.8) is 0 Å². The summed E-state index contributed by atoms with van der Waals surface area (Å²) in [6.07, 6.45) is -4.08. The number of hydrogen-bond donors (Lipinski definition) is 3. The normalized spacial score (nSPS) is 12.3. The predicted octanol–water partition coefficient (Wildman–Crippen LogP) is 1.70. The number of nitrogens with two attached hydrogens (primary N) is 1. The molecule has 0 aliphatic heterocycles. The Morgan fingerprint density at radius 1 is 1.35 bits per heavy atom. The number of benzene rings is 1. The SMILES string of the molecule is N=C(N)CCCNS(=O)(=O)c1cccc(C(F)(F)F)c1. The van der Waals surface area contributed by atoms with Crippen molar-refractivity contribution < 1.29 is 21.6 Å². The lowest BCUT2D eigenvalue weighted by Crippen LogP contribution is -2.26. The molecule has 20 heavy (non-hydrogen) atoms. The fraction of sp³-hybridized carbons (Fsp3) is 0.364. The van der Waals surface area contributed by atoms with E-state index in [9.17, 15) is 21.6 Å². The minimum Gasteiger partial charge on any atom is -0.388 e. The quantitative estimate of drug-likeness (QED) is 0.424. The summed E-state index contributed by atoms with van der Waals surface area (Å²) in [6.45, 7) is -0.00183. The molecule has 0 amide bonds. The third-order valence-corrected chi connectivity index (χ3v) is 3.85. The molecule has 0 saturated carbocycles. The van der Waals surface area contributed by atoms with E-state index < -0.39 is 26.7 Å². The summed E-state index contributed by atoms with van der Waals surface area (Å²) in [7, 11) is -4.00. The zero-order chi connectivity index (χ0) is 15.4. The van der Waals surface area contributed by atoms with Crippen molar-refractivity contribution in [1.82, 2.24) is 4.72 Å². The molecule has 112 valence electrons. The highest BCUT2D eigenvalue weighted by molar-refractivity contribution is 7.89. The molecular formula is C11H14F3N3O2S. The molecule has 0 spiro atoms. The number of amidine groups is 1. The summed E-state index contributed by atoms with van der Waals surface area (Å²) in [6, 6.07) is 3.50. The second-order valence-corrected chi connectivity index (χ2v) is 5.82. The molecule has 1 rings (SSSR count). The first-order chi connectivity index (χ1) is 9.13. The van der Waals surface area contributed by atoms with Crippen LogP contribution in [-0.2, 0) is 16.2 Å². The Morgan fingerprint density at radius 3 is 2.55 bits per heavy atom. The summed E-state index contributed by atoms with van der Waals surface area (Å²) in [5.41, 5.74) is 4.08. The van der Waals surface area contributed by atoms with Crippen LogP contribution in [0.5, 0.6) is 0 Å². The number of nitrogens with one attached hydrogen (secondary N) is 2. The average molecular weight is 309 g/mol. The zero-order valence-corrected chi connectivity index (χ0v) is 11.2. The lowest BCUT2D eigenvalue weighted by molar-refractivity contribution is -0.137. The van der Waals surface area contributed by atoms with E-state index in [4.69, 9.17) is 11.1 Å². The predicted molar refractivity (Wildman–Crippen MR) is 67.8 cm³/mol. The molecule has 0 unspecified atom stereocenters. The summed E-state index contributed by atoms with van der Waals surface area (Å²) >= 11 is 0. The molecular weight excluding hydrogens is 295 g/mol. The molecule has 0 heterocycles. The highest BCUT2D eigenvalue weighted by Crippen LogP contribution is 2.30. The van der Waals surface area contributed by atoms with Gasteiger partial charge in [-0.2, -0.15) is 13.2 Å². The minimum absolute atomic E-state index is 0.00183. The number of alkyl halides is 3. The van der Waals surface area contributed by atoms with E-state index in [2.05, 4.69) is 4.72 Å². The Balaban J connectivity index is 2.80. The van der Waals surface area contributed by atoms with Gasteiger partial charge in [-0.15, -0.1) is 0 Å². The van der Waals surface area contributed by atoms with Crippen LogP contribution in [0.1, 0.15) is 18.4 Å². The first kappa shape index (κ1) is 16.4. The maximum Gasteiger partial charge on any atom is 0.416 e. The van der Waals surface area contributed by atoms with Crippen LogP contribution >= 0.6 is 0 Å². The standard InChI is InChI=1S/C11H14F3N3O2S/c12-11(13,14)8-3-1-4-9(7-8)20(18,19)17-6-2-5-10(15)16/h1,3-4,7,17H,2,5-6H2,(H3,15,16). The molecule has 0 bridgehead atoms. The fourth-order valence-electron chi connectivity index (χ4n) is 1.41. The van der Waals surface area contributed by atoms with Crippen molar-refractivity contribution in [2.45, 2.75) is 23.9 Å². The van der Waals surface area contributed by atoms with Gasteiger partial charge in [0.1, 0.15) is 0 Å². The van der Waals surface area contributed by atoms with Crippen molar-refractivity contribution >= 4 is 15.9 Å². The van der Waals surface area contributed by atoms with Crippen LogP contribution in [0.3, 0.4) is 0 Å². The second-order valence-electron chi connectivity index (χ2n) is 4.05. The summed E-state index contributed by atoms with van der Waals surface area (Å²) in [5.74, 6) is -0.0803. The Hall–Kier alpha value is -1.61. The summed E-state index contributed by atoms with van der Waals surface area (Å²) in [5, 5.41) is 6.97. The summed E-state index contributed by atoms with van der Waals surface area (Å²) < 4.78 is 63.2. The highest BCUT2D eigenvalue weighted by Gasteiger charge is 2.31. The molecule has 0 aliphatic carbocycles. The van der Waals surface area contributed by atoms with Crippen molar-refractivity contribution in [1.29, 1.82) is 5.41 Å². The molecule has 0 radical (unpaired) electrons. The lowest BCUT2D eigenvalue weighted by atomic mass is 10.2. The number of sulfonamides is 1. The van der Waals surface area contributed by atoms with Gasteiger partial charge in [-0.3, -0.25) is 5.41 Å². The molecule has 1 aromatic carbocycles. The van der Waals surface area contributed by atoms with Crippen molar-refractivity contribution in [2.75, 3.05) is 6.54 Å². The third-order valence-electron chi connectivity index (χ3n) is 2.39. The van der Waals surface area contributed by atoms with Crippen molar-refractivity contribution in [2.24, 2.45) is 5.73 Å². The van der Waals surface area contributed by atoms with Crippen molar-refractivity contribution in [3.05, 3.63) is 29.8 Å². The molecule has 4 N–H and O–H groups in total. The van der Waals surface area contributed by atoms with Crippen LogP contribution in [0.4, 0.5) is 13.2 Å². The van der Waals surface area contributed by atoms with Crippen molar-refractivity contribution in [3.8, 4) is 0 Å². The average Bonchev–Trinajstić information content (AvgIpc) is 2.34. The van der Waals surface area contributed by atoms with Crippen LogP contribution in [-0.4, -0.2) is 20.8 Å². The van der Waals surface area contributed by atoms with E-state index in [0.717, 1.165) is 18.2 Å². The second kappa shape index (κ2) is 6.23. The third kappa shape index (κ3) is 4.82. The molecule has 9 heteroatoms. The Bertz CT molecular complexity index is 585. The maximum atomic E-state index is 12.5. The van der Waals surface area contributed by atoms with Crippen LogP contribution < -0.4 is 10.5 Å². The molecule has 5 nitrogen and oxygen atoms in total. The molecule has 1 aromatic rings. The number of rotatable bonds is 6. The lowest BCUT2D eigenvalue weighted by Gasteiger charge is -2.10. The highest BCUT2D eigenvalue weighted by atomic mass is 32.2. The van der Waals surface area contributed by atoms with Gasteiger partial charge in [0.15, 0.2) is 0 Å². The van der Waals surface area contributed by atoms with Gasteiger partial charge in [0.2, 0.25) is 10.0 Å². The smallest absolute Gasteiger partial charge is 0.388 e. The van der Waals surface area contributed by atoms with Gasteiger partial charge < -0.3 is 5.73 Å². The zero-order valence-electron chi connectivity index (χ0n) is 10.4. The Labute approximate surface area is 114 Å². The number of halogens is 3. The molecule has 0 aromatic heterocycles. The number of hydrogen-bond acceptors (Lipinski definition) is 3. The monoisotopic (exact) mass is 309 g/mol. The van der Waals surface area contributed by atoms with E-state index in [1.807, 2.05) is 0 Å². The van der Waals surface area contributed by atoms with Gasteiger partial charge in [0.25, 0.3) is 0 Å². The molecule has 0 atom stereocenters. The molecule has 0 aliphatic rings. The van der Waals surface area contributed by atoms with Crippen LogP contribution in [0.15, 0.2) is 29.2 Å². The van der Waals surface area contributed by atoms with Gasteiger partial charge in [0, 0.05) is 13.0 Å². The minimum atomic E-state index is -4.60. The first-order valence-electron chi connectivity index (χ1n) is 5.63. The van der Waals surface area contributed by atoms with Gasteiger partial charge in [-0.1, -0.05) is 6.07 Å². The van der Waals surface area contributed by atoms with E-state index in [0.29, 0.717) is 12.5 Å². The van der Waals surface area contributed by atoms with E-state index in [1.54, 1.807) is 0 Å². The van der Waals surface area contributed by atoms with Gasteiger partial charge in [0.05, 0.1) is 16.3 Å². The topological polar surface area (TPSA) is 96.0 Å². The maximum absolute atomic E-state index is 12.5. The fourth-order valence-corrected chi connectivity index (χ4v) is 2.53. The molecule has 0 fully saturated rings. The van der Waals surface area contributed by atoms with E-state index in [1.165, 1.54) is 0 Å².